The summed E-state index contributed by atoms with van der Waals surface area (Å²) >= 11 is 0. The van der Waals surface area contributed by atoms with Crippen LogP contribution in [0.4, 0.5) is 15.8 Å². The lowest BCUT2D eigenvalue weighted by Crippen LogP contribution is -2.39. The topological polar surface area (TPSA) is 101 Å². The van der Waals surface area contributed by atoms with Gasteiger partial charge < -0.3 is 11.1 Å². The van der Waals surface area contributed by atoms with E-state index < -0.39 is 23.5 Å². The highest BCUT2D eigenvalue weighted by atomic mass is 19.1. The number of carbonyl (C=O) groups is 3. The van der Waals surface area contributed by atoms with Crippen LogP contribution in [0, 0.1) is 5.82 Å². The van der Waals surface area contributed by atoms with Crippen LogP contribution in [0.15, 0.2) is 48.5 Å². The van der Waals surface area contributed by atoms with Gasteiger partial charge in [0.1, 0.15) is 5.82 Å². The quantitative estimate of drug-likeness (QED) is 0.575. The minimum absolute atomic E-state index is 0.0884. The Morgan fingerprint density at radius 3 is 2.18 bits per heavy atom. The minimum atomic E-state index is -1.14. The number of nitrogen functional groups attached to an aromatic ring is 1. The minimum Gasteiger partial charge on any atom is -0.398 e. The summed E-state index contributed by atoms with van der Waals surface area (Å²) < 4.78 is 12.7. The van der Waals surface area contributed by atoms with Crippen LogP contribution in [0.25, 0.3) is 0 Å². The van der Waals surface area contributed by atoms with E-state index in [0.717, 1.165) is 12.1 Å². The molecule has 0 heterocycles. The van der Waals surface area contributed by atoms with Crippen molar-refractivity contribution in [1.29, 1.82) is 0 Å². The first kappa shape index (κ1) is 15.2. The zero-order valence-corrected chi connectivity index (χ0v) is 11.3. The van der Waals surface area contributed by atoms with Crippen LogP contribution in [0.3, 0.4) is 0 Å². The summed E-state index contributed by atoms with van der Waals surface area (Å²) in [7, 11) is 0. The summed E-state index contributed by atoms with van der Waals surface area (Å²) in [6.45, 7) is 0. The van der Waals surface area contributed by atoms with Gasteiger partial charge in [0.15, 0.2) is 0 Å². The molecule has 2 rings (SSSR count). The van der Waals surface area contributed by atoms with Crippen LogP contribution in [0.1, 0.15) is 10.4 Å². The molecule has 3 amide bonds. The SMILES string of the molecule is Nc1ccccc1C(=O)NC(=O)C(=O)Nc1ccc(F)cc1. The van der Waals surface area contributed by atoms with E-state index in [1.807, 2.05) is 5.32 Å². The molecule has 2 aromatic rings. The molecule has 0 aliphatic carbocycles. The number of anilines is 2. The van der Waals surface area contributed by atoms with Gasteiger partial charge >= 0.3 is 11.8 Å². The van der Waals surface area contributed by atoms with Gasteiger partial charge in [-0.2, -0.15) is 0 Å². The summed E-state index contributed by atoms with van der Waals surface area (Å²) in [5.74, 6) is -3.44. The number of hydrogen-bond donors (Lipinski definition) is 3. The molecule has 0 aliphatic heterocycles. The second-order valence-electron chi connectivity index (χ2n) is 4.33. The Labute approximate surface area is 125 Å². The van der Waals surface area contributed by atoms with Crippen LogP contribution in [-0.4, -0.2) is 17.7 Å². The summed E-state index contributed by atoms with van der Waals surface area (Å²) in [6, 6.07) is 11.0. The molecule has 0 bridgehead atoms. The second-order valence-corrected chi connectivity index (χ2v) is 4.33. The Bertz CT molecular complexity index is 729. The van der Waals surface area contributed by atoms with Crippen molar-refractivity contribution in [2.45, 2.75) is 0 Å². The first-order chi connectivity index (χ1) is 10.5. The maximum absolute atomic E-state index is 12.7. The first-order valence-corrected chi connectivity index (χ1v) is 6.24. The Kier molecular flexibility index (Phi) is 4.47. The highest BCUT2D eigenvalue weighted by Crippen LogP contribution is 2.10. The molecule has 0 aromatic heterocycles. The van der Waals surface area contributed by atoms with Gasteiger partial charge in [0.25, 0.3) is 5.91 Å². The van der Waals surface area contributed by atoms with E-state index in [0.29, 0.717) is 0 Å². The summed E-state index contributed by atoms with van der Waals surface area (Å²) in [4.78, 5) is 35.1. The molecule has 0 saturated carbocycles. The number of hydrogen-bond acceptors (Lipinski definition) is 4. The lowest BCUT2D eigenvalue weighted by molar-refractivity contribution is -0.135. The van der Waals surface area contributed by atoms with Gasteiger partial charge in [-0.05, 0) is 36.4 Å². The van der Waals surface area contributed by atoms with Gasteiger partial charge in [-0.25, -0.2) is 4.39 Å². The molecule has 22 heavy (non-hydrogen) atoms. The predicted molar refractivity (Wildman–Crippen MR) is 78.4 cm³/mol. The second kappa shape index (κ2) is 6.49. The lowest BCUT2D eigenvalue weighted by Gasteiger charge is -2.07. The smallest absolute Gasteiger partial charge is 0.316 e. The van der Waals surface area contributed by atoms with E-state index in [2.05, 4.69) is 5.32 Å². The van der Waals surface area contributed by atoms with E-state index in [1.54, 1.807) is 12.1 Å². The summed E-state index contributed by atoms with van der Waals surface area (Å²) in [5, 5.41) is 4.16. The van der Waals surface area contributed by atoms with Crippen LogP contribution in [-0.2, 0) is 9.59 Å². The Morgan fingerprint density at radius 1 is 0.909 bits per heavy atom. The Hall–Kier alpha value is -3.22. The van der Waals surface area contributed by atoms with Gasteiger partial charge in [-0.1, -0.05) is 12.1 Å². The molecule has 0 aliphatic rings. The van der Waals surface area contributed by atoms with Crippen molar-refractivity contribution < 1.29 is 18.8 Å². The highest BCUT2D eigenvalue weighted by Gasteiger charge is 2.19. The van der Waals surface area contributed by atoms with Gasteiger partial charge in [-0.15, -0.1) is 0 Å². The maximum atomic E-state index is 12.7. The molecule has 0 fully saturated rings. The predicted octanol–water partition coefficient (Wildman–Crippen LogP) is 1.30. The van der Waals surface area contributed by atoms with Crippen LogP contribution >= 0.6 is 0 Å². The third kappa shape index (κ3) is 3.66. The average Bonchev–Trinajstić information content (AvgIpc) is 2.49. The molecule has 4 N–H and O–H groups in total. The monoisotopic (exact) mass is 301 g/mol. The largest absolute Gasteiger partial charge is 0.398 e. The molecular weight excluding hydrogens is 289 g/mol. The number of carbonyl (C=O) groups excluding carboxylic acids is 3. The molecule has 0 atom stereocenters. The van der Waals surface area contributed by atoms with Crippen molar-refractivity contribution in [3.05, 3.63) is 59.9 Å². The standard InChI is InChI=1S/C15H12FN3O3/c16-9-5-7-10(8-6-9)18-14(21)15(22)19-13(20)11-3-1-2-4-12(11)17/h1-8H,17H2,(H,18,21)(H,19,20,22). The van der Waals surface area contributed by atoms with E-state index in [4.69, 9.17) is 5.73 Å². The van der Waals surface area contributed by atoms with Crippen molar-refractivity contribution >= 4 is 29.1 Å². The Morgan fingerprint density at radius 2 is 1.55 bits per heavy atom. The van der Waals surface area contributed by atoms with Crippen molar-refractivity contribution in [3.8, 4) is 0 Å². The molecule has 2 aromatic carbocycles. The zero-order chi connectivity index (χ0) is 16.1. The van der Waals surface area contributed by atoms with Crippen molar-refractivity contribution in [2.24, 2.45) is 0 Å². The number of nitrogens with two attached hydrogens (primary N) is 1. The van der Waals surface area contributed by atoms with Crippen LogP contribution < -0.4 is 16.4 Å². The molecule has 0 radical (unpaired) electrons. The number of rotatable bonds is 2. The average molecular weight is 301 g/mol. The summed E-state index contributed by atoms with van der Waals surface area (Å²) in [5.41, 5.74) is 6.11. The van der Waals surface area contributed by atoms with Crippen molar-refractivity contribution in [3.63, 3.8) is 0 Å². The molecule has 0 saturated heterocycles. The van der Waals surface area contributed by atoms with E-state index in [1.165, 1.54) is 24.3 Å². The molecule has 0 unspecified atom stereocenters. The number of amides is 3. The number of imide groups is 1. The van der Waals surface area contributed by atoms with Gasteiger partial charge in [0.05, 0.1) is 5.56 Å². The lowest BCUT2D eigenvalue weighted by atomic mass is 10.1. The normalized spacial score (nSPS) is 9.86. The number of halogens is 1. The number of nitrogens with one attached hydrogen (secondary N) is 2. The molecule has 6 nitrogen and oxygen atoms in total. The Balaban J connectivity index is 1.99. The van der Waals surface area contributed by atoms with Gasteiger partial charge in [0, 0.05) is 11.4 Å². The van der Waals surface area contributed by atoms with Crippen LogP contribution in [0.5, 0.6) is 0 Å². The van der Waals surface area contributed by atoms with E-state index >= 15 is 0 Å². The van der Waals surface area contributed by atoms with E-state index in [9.17, 15) is 18.8 Å². The molecule has 112 valence electrons. The third-order valence-corrected chi connectivity index (χ3v) is 2.74. The first-order valence-electron chi connectivity index (χ1n) is 6.24. The molecular formula is C15H12FN3O3. The van der Waals surface area contributed by atoms with Crippen molar-refractivity contribution in [1.82, 2.24) is 5.32 Å². The zero-order valence-electron chi connectivity index (χ0n) is 11.3. The molecule has 0 spiro atoms. The summed E-state index contributed by atoms with van der Waals surface area (Å²) in [6.07, 6.45) is 0. The fraction of sp³-hybridized carbons (Fsp3) is 0. The van der Waals surface area contributed by atoms with Crippen LogP contribution in [0.2, 0.25) is 0 Å². The fourth-order valence-electron chi connectivity index (χ4n) is 1.65. The third-order valence-electron chi connectivity index (χ3n) is 2.74. The number of para-hydroxylation sites is 1. The molecule has 7 heteroatoms. The maximum Gasteiger partial charge on any atom is 0.316 e. The van der Waals surface area contributed by atoms with Gasteiger partial charge in [-0.3, -0.25) is 19.7 Å². The van der Waals surface area contributed by atoms with Crippen molar-refractivity contribution in [2.75, 3.05) is 11.1 Å². The van der Waals surface area contributed by atoms with E-state index in [-0.39, 0.29) is 16.9 Å². The number of benzene rings is 2. The highest BCUT2D eigenvalue weighted by molar-refractivity contribution is 6.42. The fourth-order valence-corrected chi connectivity index (χ4v) is 1.65. The van der Waals surface area contributed by atoms with Gasteiger partial charge in [0.2, 0.25) is 0 Å².